The van der Waals surface area contributed by atoms with Gasteiger partial charge in [0.25, 0.3) is 11.8 Å². The van der Waals surface area contributed by atoms with Crippen molar-refractivity contribution in [2.45, 2.75) is 103 Å². The van der Waals surface area contributed by atoms with Crippen molar-refractivity contribution in [1.82, 2.24) is 19.8 Å². The molecule has 0 aromatic heterocycles. The molecule has 2 saturated heterocycles. The van der Waals surface area contributed by atoms with Gasteiger partial charge in [-0.2, -0.15) is 17.5 Å². The summed E-state index contributed by atoms with van der Waals surface area (Å²) in [7, 11) is -3.80. The second-order valence-electron chi connectivity index (χ2n) is 13.7. The Labute approximate surface area is 267 Å². The number of benzene rings is 1. The maximum absolute atomic E-state index is 13.3. The smallest absolute Gasteiger partial charge is 0.324 e. The second-order valence-corrected chi connectivity index (χ2v) is 15.5. The van der Waals surface area contributed by atoms with Crippen molar-refractivity contribution in [3.05, 3.63) is 39.8 Å². The van der Waals surface area contributed by atoms with Crippen LogP contribution in [0.3, 0.4) is 0 Å². The predicted octanol–water partition coefficient (Wildman–Crippen LogP) is 4.95. The molecule has 4 amide bonds. The highest BCUT2D eigenvalue weighted by atomic mass is 32.2. The fourth-order valence-corrected chi connectivity index (χ4v) is 8.25. The van der Waals surface area contributed by atoms with Gasteiger partial charge in [0.05, 0.1) is 6.54 Å². The monoisotopic (exact) mass is 665 g/mol. The van der Waals surface area contributed by atoms with Gasteiger partial charge in [0.15, 0.2) is 0 Å². The Morgan fingerprint density at radius 2 is 1.63 bits per heavy atom. The average molecular weight is 666 g/mol. The first-order valence-electron chi connectivity index (χ1n) is 15.8. The molecule has 3 fully saturated rings. The van der Waals surface area contributed by atoms with Gasteiger partial charge in [0, 0.05) is 30.8 Å². The number of amidine groups is 1. The van der Waals surface area contributed by atoms with Crippen molar-refractivity contribution in [2.24, 2.45) is 16.8 Å². The normalized spacial score (nSPS) is 25.3. The lowest BCUT2D eigenvalue weighted by Crippen LogP contribution is -2.50. The van der Waals surface area contributed by atoms with Gasteiger partial charge < -0.3 is 10.6 Å². The Hall–Kier alpha value is -3.26. The predicted molar refractivity (Wildman–Crippen MR) is 167 cm³/mol. The number of carbonyl (C=O) groups excluding carboxylic acids is 3. The van der Waals surface area contributed by atoms with E-state index in [9.17, 15) is 36.0 Å². The van der Waals surface area contributed by atoms with E-state index < -0.39 is 39.7 Å². The van der Waals surface area contributed by atoms with Crippen LogP contribution >= 0.6 is 0 Å². The van der Waals surface area contributed by atoms with Crippen LogP contribution in [0.5, 0.6) is 0 Å². The van der Waals surface area contributed by atoms with Gasteiger partial charge in [0.2, 0.25) is 10.0 Å². The molecule has 0 atom stereocenters. The Kier molecular flexibility index (Phi) is 9.19. The number of alkyl halides is 3. The van der Waals surface area contributed by atoms with Crippen LogP contribution in [0.1, 0.15) is 87.5 Å². The maximum Gasteiger partial charge on any atom is 0.389 e. The van der Waals surface area contributed by atoms with Crippen molar-refractivity contribution in [3.63, 3.8) is 0 Å². The number of sulfonamides is 1. The summed E-state index contributed by atoms with van der Waals surface area (Å²) in [5, 5.41) is 6.74. The van der Waals surface area contributed by atoms with Crippen LogP contribution in [-0.4, -0.2) is 71.6 Å². The molecule has 1 aliphatic carbocycles. The molecule has 5 rings (SSSR count). The minimum Gasteiger partial charge on any atom is -0.324 e. The van der Waals surface area contributed by atoms with E-state index in [2.05, 4.69) is 10.6 Å². The van der Waals surface area contributed by atoms with E-state index >= 15 is 0 Å². The number of halogens is 3. The molecule has 1 saturated carbocycles. The molecular weight excluding hydrogens is 623 g/mol. The zero-order valence-electron chi connectivity index (χ0n) is 26.7. The minimum atomic E-state index is -4.15. The number of nitrogens with zero attached hydrogens (tertiary/aromatic N) is 3. The standard InChI is InChI=1S/C32H42F3N5O5S/c1-20-17-23(19-40-28(42)30(3,4)38-29(40)43)18-21(2)25(20)10-16-46(44,45)39-14-12-31(13-15-39)27(41)36-26(37-31)24-7-5-22(6-8-24)9-11-32(33,34)35/h10,16-18,22,24H,5-9,11-15,19H2,1-4H3,(H,38,43)(H,36,37,41). The first-order chi connectivity index (χ1) is 21.4. The summed E-state index contributed by atoms with van der Waals surface area (Å²) in [4.78, 5) is 43.9. The van der Waals surface area contributed by atoms with E-state index in [1.165, 1.54) is 14.6 Å². The maximum atomic E-state index is 13.3. The van der Waals surface area contributed by atoms with Gasteiger partial charge in [0.1, 0.15) is 16.9 Å². The first kappa shape index (κ1) is 34.1. The van der Waals surface area contributed by atoms with E-state index in [4.69, 9.17) is 4.99 Å². The van der Waals surface area contributed by atoms with Crippen molar-refractivity contribution in [1.29, 1.82) is 0 Å². The largest absolute Gasteiger partial charge is 0.389 e. The van der Waals surface area contributed by atoms with Gasteiger partial charge in [-0.3, -0.25) is 19.5 Å². The zero-order chi connectivity index (χ0) is 33.7. The highest BCUT2D eigenvalue weighted by Gasteiger charge is 2.48. The van der Waals surface area contributed by atoms with Crippen LogP contribution in [-0.2, 0) is 26.2 Å². The van der Waals surface area contributed by atoms with Gasteiger partial charge in [-0.05, 0) is 107 Å². The molecule has 1 aromatic carbocycles. The van der Waals surface area contributed by atoms with Crippen LogP contribution < -0.4 is 10.6 Å². The van der Waals surface area contributed by atoms with Crippen LogP contribution in [0.15, 0.2) is 22.5 Å². The van der Waals surface area contributed by atoms with Crippen LogP contribution in [0, 0.1) is 25.7 Å². The Morgan fingerprint density at radius 1 is 1.02 bits per heavy atom. The fraction of sp³-hybridized carbons (Fsp3) is 0.625. The first-order valence-corrected chi connectivity index (χ1v) is 17.3. The van der Waals surface area contributed by atoms with E-state index in [1.807, 2.05) is 26.0 Å². The molecule has 3 heterocycles. The summed E-state index contributed by atoms with van der Waals surface area (Å²) in [5.74, 6) is 0.0510. The summed E-state index contributed by atoms with van der Waals surface area (Å²) in [6, 6.07) is 3.21. The number of piperidine rings is 1. The third kappa shape index (κ3) is 7.17. The number of carbonyl (C=O) groups is 3. The molecule has 10 nitrogen and oxygen atoms in total. The number of aliphatic imine (C=N–C) groups is 1. The third-order valence-electron chi connectivity index (χ3n) is 9.82. The molecule has 1 spiro atoms. The molecule has 252 valence electrons. The van der Waals surface area contributed by atoms with Crippen LogP contribution in [0.2, 0.25) is 0 Å². The summed E-state index contributed by atoms with van der Waals surface area (Å²) in [6.07, 6.45) is -0.0936. The van der Waals surface area contributed by atoms with Crippen molar-refractivity contribution in [2.75, 3.05) is 13.1 Å². The van der Waals surface area contributed by atoms with Crippen molar-refractivity contribution < 1.29 is 36.0 Å². The quantitative estimate of drug-likeness (QED) is 0.380. The number of hydrogen-bond acceptors (Lipinski definition) is 6. The number of nitrogens with one attached hydrogen (secondary N) is 2. The number of hydrogen-bond donors (Lipinski definition) is 2. The molecule has 1 aromatic rings. The number of aryl methyl sites for hydroxylation is 2. The molecule has 3 aliphatic heterocycles. The SMILES string of the molecule is Cc1cc(CN2C(=O)NC(C)(C)C2=O)cc(C)c1C=CS(=O)(=O)N1CCC2(CC1)N=C(C1CCC(CCC(F)(F)F)CC1)NC2=O. The summed E-state index contributed by atoms with van der Waals surface area (Å²) < 4.78 is 65.8. The molecule has 0 unspecified atom stereocenters. The number of imide groups is 1. The molecule has 0 bridgehead atoms. The molecular formula is C32H42F3N5O5S. The molecule has 2 N–H and O–H groups in total. The Morgan fingerprint density at radius 3 is 2.17 bits per heavy atom. The average Bonchev–Trinajstić information content (AvgIpc) is 3.38. The fourth-order valence-electron chi connectivity index (χ4n) is 7.08. The van der Waals surface area contributed by atoms with E-state index in [0.717, 1.165) is 22.3 Å². The van der Waals surface area contributed by atoms with Gasteiger partial charge >= 0.3 is 12.2 Å². The number of urea groups is 1. The second kappa shape index (κ2) is 12.4. The van der Waals surface area contributed by atoms with Crippen molar-refractivity contribution in [3.8, 4) is 0 Å². The van der Waals surface area contributed by atoms with Crippen molar-refractivity contribution >= 4 is 39.8 Å². The lowest BCUT2D eigenvalue weighted by atomic mass is 9.79. The van der Waals surface area contributed by atoms with Gasteiger partial charge in [-0.15, -0.1) is 0 Å². The summed E-state index contributed by atoms with van der Waals surface area (Å²) in [6.45, 7) is 7.33. The molecule has 0 radical (unpaired) electrons. The van der Waals surface area contributed by atoms with E-state index in [1.54, 1.807) is 19.9 Å². The Balaban J connectivity index is 1.18. The topological polar surface area (TPSA) is 128 Å². The lowest BCUT2D eigenvalue weighted by molar-refractivity contribution is -0.138. The molecule has 4 aliphatic rings. The minimum absolute atomic E-state index is 0.00661. The van der Waals surface area contributed by atoms with Gasteiger partial charge in [-0.1, -0.05) is 12.1 Å². The Bertz CT molecular complexity index is 1550. The lowest BCUT2D eigenvalue weighted by Gasteiger charge is -2.34. The van der Waals surface area contributed by atoms with Crippen LogP contribution in [0.4, 0.5) is 18.0 Å². The number of rotatable bonds is 8. The highest BCUT2D eigenvalue weighted by molar-refractivity contribution is 7.92. The van der Waals surface area contributed by atoms with Gasteiger partial charge in [-0.25, -0.2) is 13.2 Å². The third-order valence-corrected chi connectivity index (χ3v) is 11.4. The molecule has 46 heavy (non-hydrogen) atoms. The zero-order valence-corrected chi connectivity index (χ0v) is 27.5. The highest BCUT2D eigenvalue weighted by Crippen LogP contribution is 2.38. The van der Waals surface area contributed by atoms with Crippen LogP contribution in [0.25, 0.3) is 6.08 Å². The van der Waals surface area contributed by atoms with E-state index in [0.29, 0.717) is 31.5 Å². The summed E-state index contributed by atoms with van der Waals surface area (Å²) in [5.41, 5.74) is 1.07. The molecule has 14 heteroatoms. The van der Waals surface area contributed by atoms with E-state index in [-0.39, 0.29) is 62.5 Å². The summed E-state index contributed by atoms with van der Waals surface area (Å²) >= 11 is 0. The number of amides is 4.